The van der Waals surface area contributed by atoms with Gasteiger partial charge in [0.1, 0.15) is 17.7 Å². The highest BCUT2D eigenvalue weighted by Crippen LogP contribution is 2.24. The summed E-state index contributed by atoms with van der Waals surface area (Å²) in [5.74, 6) is -1.30. The highest BCUT2D eigenvalue weighted by molar-refractivity contribution is 7.80. The highest BCUT2D eigenvalue weighted by Gasteiger charge is 2.35. The number of esters is 1. The molecular formula is C25H39N3O6S. The lowest BCUT2D eigenvalue weighted by atomic mass is 10.0. The maximum absolute atomic E-state index is 13.6. The lowest BCUT2D eigenvalue weighted by Crippen LogP contribution is -2.54. The van der Waals surface area contributed by atoms with Crippen LogP contribution < -0.4 is 10.6 Å². The first kappa shape index (κ1) is 30.3. The van der Waals surface area contributed by atoms with Gasteiger partial charge in [-0.15, -0.1) is 0 Å². The van der Waals surface area contributed by atoms with E-state index in [9.17, 15) is 19.2 Å². The Hall–Kier alpha value is -2.75. The fourth-order valence-corrected chi connectivity index (χ4v) is 3.53. The fraction of sp³-hybridized carbons (Fsp3) is 0.600. The number of amides is 3. The number of alkyl carbamates (subject to hydrolysis) is 1. The van der Waals surface area contributed by atoms with Crippen molar-refractivity contribution >= 4 is 36.5 Å². The van der Waals surface area contributed by atoms with Gasteiger partial charge in [0.2, 0.25) is 11.8 Å². The van der Waals surface area contributed by atoms with Gasteiger partial charge in [-0.2, -0.15) is 12.6 Å². The average Bonchev–Trinajstić information content (AvgIpc) is 2.77. The normalized spacial score (nSPS) is 12.8. The third-order valence-electron chi connectivity index (χ3n) is 4.81. The van der Waals surface area contributed by atoms with Crippen LogP contribution >= 0.6 is 12.6 Å². The van der Waals surface area contributed by atoms with E-state index in [1.54, 1.807) is 39.8 Å². The molecule has 9 nitrogen and oxygen atoms in total. The Bertz CT molecular complexity index is 854. The van der Waals surface area contributed by atoms with Gasteiger partial charge < -0.3 is 25.0 Å². The van der Waals surface area contributed by atoms with Gasteiger partial charge in [-0.05, 0) is 46.6 Å². The van der Waals surface area contributed by atoms with Crippen LogP contribution in [0.4, 0.5) is 4.79 Å². The Morgan fingerprint density at radius 2 is 1.71 bits per heavy atom. The molecule has 0 spiro atoms. The summed E-state index contributed by atoms with van der Waals surface area (Å²) < 4.78 is 10.2. The van der Waals surface area contributed by atoms with Crippen LogP contribution in [-0.4, -0.2) is 65.9 Å². The minimum Gasteiger partial charge on any atom is -0.466 e. The third-order valence-corrected chi connectivity index (χ3v) is 5.17. The zero-order chi connectivity index (χ0) is 26.6. The van der Waals surface area contributed by atoms with Gasteiger partial charge in [-0.25, -0.2) is 4.79 Å². The number of aryl methyl sites for hydroxylation is 1. The summed E-state index contributed by atoms with van der Waals surface area (Å²) in [6.45, 7) is 11.3. The molecule has 0 saturated carbocycles. The number of thiol groups is 1. The Balaban J connectivity index is 3.21. The van der Waals surface area contributed by atoms with Crippen LogP contribution in [0.5, 0.6) is 0 Å². The summed E-state index contributed by atoms with van der Waals surface area (Å²) >= 11 is 4.25. The van der Waals surface area contributed by atoms with E-state index in [0.29, 0.717) is 12.0 Å². The molecule has 0 bridgehead atoms. The highest BCUT2D eigenvalue weighted by atomic mass is 32.1. The number of carbonyl (C=O) groups excluding carboxylic acids is 4. The van der Waals surface area contributed by atoms with Crippen molar-refractivity contribution in [2.24, 2.45) is 0 Å². The Morgan fingerprint density at radius 1 is 1.09 bits per heavy atom. The molecular weight excluding hydrogens is 470 g/mol. The second-order valence-corrected chi connectivity index (χ2v) is 9.44. The molecule has 2 N–H and O–H groups in total. The first-order valence-corrected chi connectivity index (χ1v) is 12.5. The summed E-state index contributed by atoms with van der Waals surface area (Å²) in [6, 6.07) is 5.33. The van der Waals surface area contributed by atoms with Gasteiger partial charge in [-0.1, -0.05) is 36.8 Å². The number of carbonyl (C=O) groups is 4. The van der Waals surface area contributed by atoms with Crippen LogP contribution in [0.3, 0.4) is 0 Å². The van der Waals surface area contributed by atoms with Gasteiger partial charge in [0.15, 0.2) is 0 Å². The first-order chi connectivity index (χ1) is 16.4. The summed E-state index contributed by atoms with van der Waals surface area (Å²) in [7, 11) is 0. The van der Waals surface area contributed by atoms with Crippen LogP contribution in [0.25, 0.3) is 0 Å². The lowest BCUT2D eigenvalue weighted by Gasteiger charge is -2.34. The monoisotopic (exact) mass is 509 g/mol. The molecule has 1 aromatic carbocycles. The molecule has 0 aliphatic heterocycles. The number of hydrogen-bond acceptors (Lipinski definition) is 7. The average molecular weight is 510 g/mol. The molecule has 196 valence electrons. The Morgan fingerprint density at radius 3 is 2.23 bits per heavy atom. The minimum atomic E-state index is -1.000. The van der Waals surface area contributed by atoms with Crippen LogP contribution in [0.15, 0.2) is 24.3 Å². The van der Waals surface area contributed by atoms with Crippen molar-refractivity contribution in [2.75, 3.05) is 25.4 Å². The molecule has 2 unspecified atom stereocenters. The molecule has 3 amide bonds. The van der Waals surface area contributed by atoms with E-state index >= 15 is 0 Å². The van der Waals surface area contributed by atoms with Gasteiger partial charge in [0, 0.05) is 18.8 Å². The van der Waals surface area contributed by atoms with E-state index in [0.717, 1.165) is 5.56 Å². The Kier molecular flexibility index (Phi) is 12.6. The molecule has 0 aliphatic carbocycles. The van der Waals surface area contributed by atoms with Crippen LogP contribution in [0.2, 0.25) is 0 Å². The maximum Gasteiger partial charge on any atom is 0.408 e. The molecule has 0 aromatic heterocycles. The van der Waals surface area contributed by atoms with Gasteiger partial charge in [0.25, 0.3) is 0 Å². The smallest absolute Gasteiger partial charge is 0.408 e. The second kappa shape index (κ2) is 14.6. The predicted molar refractivity (Wildman–Crippen MR) is 137 cm³/mol. The zero-order valence-electron chi connectivity index (χ0n) is 21.6. The van der Waals surface area contributed by atoms with Crippen LogP contribution in [0, 0.1) is 6.92 Å². The number of ether oxygens (including phenoxy) is 2. The molecule has 1 aromatic rings. The zero-order valence-corrected chi connectivity index (χ0v) is 22.4. The van der Waals surface area contributed by atoms with Crippen molar-refractivity contribution in [3.8, 4) is 0 Å². The van der Waals surface area contributed by atoms with E-state index in [-0.39, 0.29) is 31.9 Å². The topological polar surface area (TPSA) is 114 Å². The number of nitrogens with one attached hydrogen (secondary N) is 2. The number of rotatable bonds is 12. The first-order valence-electron chi connectivity index (χ1n) is 11.8. The molecule has 0 heterocycles. The molecule has 10 heteroatoms. The van der Waals surface area contributed by atoms with Crippen molar-refractivity contribution in [3.63, 3.8) is 0 Å². The molecule has 0 aliphatic rings. The molecule has 2 atom stereocenters. The van der Waals surface area contributed by atoms with E-state index < -0.39 is 41.6 Å². The minimum absolute atomic E-state index is 0.0153. The van der Waals surface area contributed by atoms with Crippen LogP contribution in [0.1, 0.15) is 64.6 Å². The summed E-state index contributed by atoms with van der Waals surface area (Å²) in [6.07, 6.45) is -0.149. The lowest BCUT2D eigenvalue weighted by molar-refractivity contribution is -0.144. The molecule has 0 fully saturated rings. The van der Waals surface area contributed by atoms with Crippen molar-refractivity contribution in [1.82, 2.24) is 15.5 Å². The van der Waals surface area contributed by atoms with E-state index in [2.05, 4.69) is 23.3 Å². The van der Waals surface area contributed by atoms with Gasteiger partial charge >= 0.3 is 12.1 Å². The quantitative estimate of drug-likeness (QED) is 0.295. The van der Waals surface area contributed by atoms with Crippen molar-refractivity contribution in [1.29, 1.82) is 0 Å². The molecule has 0 radical (unpaired) electrons. The maximum atomic E-state index is 13.6. The fourth-order valence-electron chi connectivity index (χ4n) is 3.28. The van der Waals surface area contributed by atoms with E-state index in [1.807, 2.05) is 26.0 Å². The van der Waals surface area contributed by atoms with Crippen molar-refractivity contribution < 1.29 is 28.7 Å². The largest absolute Gasteiger partial charge is 0.466 e. The predicted octanol–water partition coefficient (Wildman–Crippen LogP) is 3.17. The molecule has 0 saturated heterocycles. The van der Waals surface area contributed by atoms with E-state index in [4.69, 9.17) is 9.47 Å². The Labute approximate surface area is 213 Å². The van der Waals surface area contributed by atoms with Crippen LogP contribution in [-0.2, 0) is 23.9 Å². The van der Waals surface area contributed by atoms with Crippen molar-refractivity contribution in [2.45, 2.75) is 72.1 Å². The molecule has 1 rings (SSSR count). The number of benzene rings is 1. The van der Waals surface area contributed by atoms with E-state index in [1.165, 1.54) is 4.90 Å². The molecule has 35 heavy (non-hydrogen) atoms. The SMILES string of the molecule is CCCN(C(=O)C(CS)NC(=O)OC(C)(C)C)C(C(=O)NCCC(=O)OCC)c1ccc(C)cc1. The summed E-state index contributed by atoms with van der Waals surface area (Å²) in [5, 5.41) is 5.31. The third kappa shape index (κ3) is 10.6. The standard InChI is InChI=1S/C25H39N3O6S/c1-7-15-28(23(31)19(16-35)27-24(32)34-25(4,5)6)21(18-11-9-17(3)10-12-18)22(30)26-14-13-20(29)33-8-2/h9-12,19,21,35H,7-8,13-16H2,1-6H3,(H,26,30)(H,27,32). The summed E-state index contributed by atoms with van der Waals surface area (Å²) in [5.41, 5.74) is 0.880. The second-order valence-electron chi connectivity index (χ2n) is 9.07. The number of nitrogens with zero attached hydrogens (tertiary/aromatic N) is 1. The number of hydrogen-bond donors (Lipinski definition) is 3. The summed E-state index contributed by atoms with van der Waals surface area (Å²) in [4.78, 5) is 52.3. The van der Waals surface area contributed by atoms with Crippen molar-refractivity contribution in [3.05, 3.63) is 35.4 Å². The van der Waals surface area contributed by atoms with Gasteiger partial charge in [-0.3, -0.25) is 14.4 Å². The van der Waals surface area contributed by atoms with Gasteiger partial charge in [0.05, 0.1) is 13.0 Å².